The first-order valence-corrected chi connectivity index (χ1v) is 6.14. The molecular weight excluding hydrogens is 262 g/mol. The molecule has 0 aliphatic carbocycles. The van der Waals surface area contributed by atoms with Crippen LogP contribution in [-0.4, -0.2) is 16.7 Å². The molecule has 0 bridgehead atoms. The number of benzene rings is 1. The number of thiazole rings is 1. The third-order valence-corrected chi connectivity index (χ3v) is 3.30. The maximum Gasteiger partial charge on any atom is 0.307 e. The van der Waals surface area contributed by atoms with Crippen molar-refractivity contribution in [2.24, 2.45) is 0 Å². The van der Waals surface area contributed by atoms with Gasteiger partial charge in [0.05, 0.1) is 11.5 Å². The summed E-state index contributed by atoms with van der Waals surface area (Å²) < 4.78 is 5.45. The van der Waals surface area contributed by atoms with Crippen LogP contribution in [0.15, 0.2) is 29.1 Å². The molecule has 0 saturated heterocycles. The zero-order chi connectivity index (χ0) is 12.3. The number of nitrogens with one attached hydrogen (secondary N) is 1. The molecule has 1 aromatic heterocycles. The highest BCUT2D eigenvalue weighted by molar-refractivity contribution is 7.09. The summed E-state index contributed by atoms with van der Waals surface area (Å²) in [6.07, 6.45) is 0.484. The van der Waals surface area contributed by atoms with Crippen molar-refractivity contribution in [3.8, 4) is 11.6 Å². The van der Waals surface area contributed by atoms with Crippen LogP contribution >= 0.6 is 22.9 Å². The topological polar surface area (TPSA) is 62.3 Å². The molecule has 17 heavy (non-hydrogen) atoms. The van der Waals surface area contributed by atoms with Crippen LogP contribution in [0.1, 0.15) is 4.88 Å². The molecule has 1 heterocycles. The van der Waals surface area contributed by atoms with Crippen LogP contribution in [0.4, 0.5) is 0 Å². The van der Waals surface area contributed by atoms with E-state index in [0.29, 0.717) is 28.7 Å². The lowest BCUT2D eigenvalue weighted by Crippen LogP contribution is -2.00. The lowest BCUT2D eigenvalue weighted by atomic mass is 10.3. The average Bonchev–Trinajstić information content (AvgIpc) is 2.60. The van der Waals surface area contributed by atoms with Gasteiger partial charge in [-0.1, -0.05) is 22.9 Å². The lowest BCUT2D eigenvalue weighted by Gasteiger charge is -2.04. The minimum absolute atomic E-state index is 0.0697. The first kappa shape index (κ1) is 12.0. The van der Waals surface area contributed by atoms with Crippen LogP contribution in [0.25, 0.3) is 0 Å². The standard InChI is InChI=1S/C11H10ClNO3S/c12-7-1-3-8(4-2-7)16-6-5-9-10(14)13-11(15)17-9/h1-4,14H,5-6H2,(H,13,15). The van der Waals surface area contributed by atoms with Crippen LogP contribution in [0.2, 0.25) is 5.02 Å². The van der Waals surface area contributed by atoms with Gasteiger partial charge in [0.2, 0.25) is 5.88 Å². The SMILES string of the molecule is O=c1[nH]c(O)c(CCOc2ccc(Cl)cc2)s1. The molecule has 0 fully saturated rings. The molecule has 0 spiro atoms. The molecule has 0 unspecified atom stereocenters. The van der Waals surface area contributed by atoms with Gasteiger partial charge in [-0.15, -0.1) is 0 Å². The first-order chi connectivity index (χ1) is 8.15. The van der Waals surface area contributed by atoms with Crippen molar-refractivity contribution in [3.63, 3.8) is 0 Å². The summed E-state index contributed by atoms with van der Waals surface area (Å²) in [5, 5.41) is 10.00. The number of halogens is 1. The third-order valence-electron chi connectivity index (χ3n) is 2.11. The van der Waals surface area contributed by atoms with E-state index in [9.17, 15) is 9.90 Å². The van der Waals surface area contributed by atoms with E-state index in [1.165, 1.54) is 0 Å². The summed E-state index contributed by atoms with van der Waals surface area (Å²) in [4.78, 5) is 13.6. The van der Waals surface area contributed by atoms with Crippen molar-refractivity contribution >= 4 is 22.9 Å². The van der Waals surface area contributed by atoms with Gasteiger partial charge < -0.3 is 9.84 Å². The van der Waals surface area contributed by atoms with Crippen LogP contribution in [0.5, 0.6) is 11.6 Å². The molecule has 2 N–H and O–H groups in total. The van der Waals surface area contributed by atoms with Crippen molar-refractivity contribution in [3.05, 3.63) is 43.8 Å². The molecule has 0 radical (unpaired) electrons. The number of ether oxygens (including phenoxy) is 1. The first-order valence-electron chi connectivity index (χ1n) is 4.94. The fourth-order valence-corrected chi connectivity index (χ4v) is 2.14. The van der Waals surface area contributed by atoms with Gasteiger partial charge in [0.25, 0.3) is 0 Å². The van der Waals surface area contributed by atoms with Crippen molar-refractivity contribution < 1.29 is 9.84 Å². The van der Waals surface area contributed by atoms with Gasteiger partial charge in [0.1, 0.15) is 5.75 Å². The Morgan fingerprint density at radius 2 is 2.06 bits per heavy atom. The molecular formula is C11H10ClNO3S. The molecule has 0 aliphatic rings. The fourth-order valence-electron chi connectivity index (χ4n) is 1.31. The summed E-state index contributed by atoms with van der Waals surface area (Å²) >= 11 is 6.73. The van der Waals surface area contributed by atoms with Gasteiger partial charge in [0, 0.05) is 11.4 Å². The maximum absolute atomic E-state index is 10.9. The van der Waals surface area contributed by atoms with E-state index >= 15 is 0 Å². The van der Waals surface area contributed by atoms with Gasteiger partial charge in [-0.3, -0.25) is 9.78 Å². The highest BCUT2D eigenvalue weighted by Gasteiger charge is 2.06. The molecule has 90 valence electrons. The molecule has 0 amide bonds. The average molecular weight is 272 g/mol. The van der Waals surface area contributed by atoms with Crippen LogP contribution in [0, 0.1) is 0 Å². The van der Waals surface area contributed by atoms with E-state index in [4.69, 9.17) is 16.3 Å². The normalized spacial score (nSPS) is 10.4. The van der Waals surface area contributed by atoms with E-state index in [1.54, 1.807) is 24.3 Å². The Bertz CT molecular complexity index is 547. The Balaban J connectivity index is 1.89. The van der Waals surface area contributed by atoms with Gasteiger partial charge in [-0.25, -0.2) is 0 Å². The second kappa shape index (κ2) is 5.25. The minimum atomic E-state index is -0.260. The largest absolute Gasteiger partial charge is 0.494 e. The third kappa shape index (κ3) is 3.25. The molecule has 1 aromatic carbocycles. The predicted molar refractivity (Wildman–Crippen MR) is 67.3 cm³/mol. The van der Waals surface area contributed by atoms with Gasteiger partial charge in [0.15, 0.2) is 0 Å². The van der Waals surface area contributed by atoms with E-state index in [2.05, 4.69) is 4.98 Å². The maximum atomic E-state index is 10.9. The van der Waals surface area contributed by atoms with Crippen LogP contribution < -0.4 is 9.61 Å². The van der Waals surface area contributed by atoms with Crippen LogP contribution in [0.3, 0.4) is 0 Å². The van der Waals surface area contributed by atoms with Crippen molar-refractivity contribution in [1.29, 1.82) is 0 Å². The summed E-state index contributed by atoms with van der Waals surface area (Å²) in [5.74, 6) is 0.636. The monoisotopic (exact) mass is 271 g/mol. The summed E-state index contributed by atoms with van der Waals surface area (Å²) in [7, 11) is 0. The Labute approximate surface area is 106 Å². The van der Waals surface area contributed by atoms with E-state index in [1.807, 2.05) is 0 Å². The zero-order valence-corrected chi connectivity index (χ0v) is 10.3. The minimum Gasteiger partial charge on any atom is -0.494 e. The Kier molecular flexibility index (Phi) is 3.71. The number of aromatic nitrogens is 1. The summed E-state index contributed by atoms with van der Waals surface area (Å²) in [6, 6.07) is 7.01. The lowest BCUT2D eigenvalue weighted by molar-refractivity contribution is 0.320. The second-order valence-electron chi connectivity index (χ2n) is 3.34. The molecule has 6 heteroatoms. The van der Waals surface area contributed by atoms with Crippen molar-refractivity contribution in [2.45, 2.75) is 6.42 Å². The van der Waals surface area contributed by atoms with Gasteiger partial charge >= 0.3 is 4.87 Å². The number of hydrogen-bond acceptors (Lipinski definition) is 4. The van der Waals surface area contributed by atoms with Crippen molar-refractivity contribution in [1.82, 2.24) is 4.98 Å². The zero-order valence-electron chi connectivity index (χ0n) is 8.77. The second-order valence-corrected chi connectivity index (χ2v) is 4.84. The number of hydrogen-bond donors (Lipinski definition) is 2. The summed E-state index contributed by atoms with van der Waals surface area (Å²) in [6.45, 7) is 0.392. The fraction of sp³-hybridized carbons (Fsp3) is 0.182. The quantitative estimate of drug-likeness (QED) is 0.898. The number of H-pyrrole nitrogens is 1. The summed E-state index contributed by atoms with van der Waals surface area (Å²) in [5.41, 5.74) is 0. The Morgan fingerprint density at radius 1 is 1.35 bits per heavy atom. The van der Waals surface area contributed by atoms with E-state index in [0.717, 1.165) is 11.3 Å². The van der Waals surface area contributed by atoms with Gasteiger partial charge in [-0.2, -0.15) is 0 Å². The molecule has 0 aliphatic heterocycles. The number of rotatable bonds is 4. The number of aromatic amines is 1. The Hall–Kier alpha value is -1.46. The molecule has 4 nitrogen and oxygen atoms in total. The van der Waals surface area contributed by atoms with E-state index < -0.39 is 0 Å². The van der Waals surface area contributed by atoms with Crippen molar-refractivity contribution in [2.75, 3.05) is 6.61 Å². The number of aromatic hydroxyl groups is 1. The molecule has 2 aromatic rings. The molecule has 0 atom stereocenters. The smallest absolute Gasteiger partial charge is 0.307 e. The molecule has 0 saturated carbocycles. The van der Waals surface area contributed by atoms with Crippen LogP contribution in [-0.2, 0) is 6.42 Å². The predicted octanol–water partition coefficient (Wildman–Crippen LogP) is 2.42. The highest BCUT2D eigenvalue weighted by Crippen LogP contribution is 2.18. The van der Waals surface area contributed by atoms with Gasteiger partial charge in [-0.05, 0) is 24.3 Å². The van der Waals surface area contributed by atoms with E-state index in [-0.39, 0.29) is 10.8 Å². The Morgan fingerprint density at radius 3 is 2.65 bits per heavy atom. The highest BCUT2D eigenvalue weighted by atomic mass is 35.5. The molecule has 2 rings (SSSR count).